The lowest BCUT2D eigenvalue weighted by molar-refractivity contribution is 0.253. The van der Waals surface area contributed by atoms with Gasteiger partial charge in [-0.25, -0.2) is 4.79 Å². The summed E-state index contributed by atoms with van der Waals surface area (Å²) in [5.41, 5.74) is 4.01. The number of unbranched alkanes of at least 4 members (excludes halogenated alkanes) is 1. The van der Waals surface area contributed by atoms with Crippen LogP contribution in [-0.2, 0) is 6.42 Å². The van der Waals surface area contributed by atoms with Crippen molar-refractivity contribution < 1.29 is 4.42 Å². The zero-order valence-corrected chi connectivity index (χ0v) is 17.1. The number of aromatic amines is 1. The van der Waals surface area contributed by atoms with Gasteiger partial charge in [0.1, 0.15) is 0 Å². The fraction of sp³-hybridized carbons (Fsp3) is 0.320. The van der Waals surface area contributed by atoms with Crippen LogP contribution in [0.1, 0.15) is 18.4 Å². The minimum atomic E-state index is -0.384. The number of hydrogen-bond acceptors (Lipinski definition) is 4. The summed E-state index contributed by atoms with van der Waals surface area (Å²) in [5.74, 6) is -0.384. The smallest absolute Gasteiger partial charge is 0.408 e. The van der Waals surface area contributed by atoms with E-state index < -0.39 is 0 Å². The summed E-state index contributed by atoms with van der Waals surface area (Å²) in [7, 11) is 0. The zero-order chi connectivity index (χ0) is 20.3. The van der Waals surface area contributed by atoms with Gasteiger partial charge in [-0.1, -0.05) is 42.5 Å². The SMILES string of the molecule is O=c1[nH]c2ccc(CCCCN3CCN(c4cccc5ccccc45)CC3)cc2o1. The molecule has 1 N–H and O–H groups in total. The predicted octanol–water partition coefficient (Wildman–Crippen LogP) is 4.42. The fourth-order valence-corrected chi connectivity index (χ4v) is 4.51. The molecule has 1 saturated heterocycles. The minimum Gasteiger partial charge on any atom is -0.408 e. The van der Waals surface area contributed by atoms with Crippen LogP contribution in [0.5, 0.6) is 0 Å². The van der Waals surface area contributed by atoms with Crippen LogP contribution >= 0.6 is 0 Å². The highest BCUT2D eigenvalue weighted by atomic mass is 16.4. The van der Waals surface area contributed by atoms with Crippen molar-refractivity contribution in [1.29, 1.82) is 0 Å². The van der Waals surface area contributed by atoms with Crippen molar-refractivity contribution in [3.8, 4) is 0 Å². The van der Waals surface area contributed by atoms with Crippen molar-refractivity contribution in [2.75, 3.05) is 37.6 Å². The van der Waals surface area contributed by atoms with Crippen LogP contribution in [0.2, 0.25) is 0 Å². The van der Waals surface area contributed by atoms with Gasteiger partial charge in [-0.15, -0.1) is 0 Å². The second kappa shape index (κ2) is 8.36. The Morgan fingerprint density at radius 3 is 2.63 bits per heavy atom. The lowest BCUT2D eigenvalue weighted by atomic mass is 10.1. The van der Waals surface area contributed by atoms with Crippen LogP contribution in [-0.4, -0.2) is 42.6 Å². The highest BCUT2D eigenvalue weighted by molar-refractivity contribution is 5.94. The maximum Gasteiger partial charge on any atom is 0.417 e. The first-order chi connectivity index (χ1) is 14.8. The van der Waals surface area contributed by atoms with Crippen LogP contribution in [0.3, 0.4) is 0 Å². The van der Waals surface area contributed by atoms with E-state index in [2.05, 4.69) is 63.3 Å². The third-order valence-electron chi connectivity index (χ3n) is 6.15. The molecule has 1 aromatic heterocycles. The average Bonchev–Trinajstić information content (AvgIpc) is 3.16. The quantitative estimate of drug-likeness (QED) is 0.486. The van der Waals surface area contributed by atoms with Gasteiger partial charge < -0.3 is 9.32 Å². The Bertz CT molecular complexity index is 1200. The summed E-state index contributed by atoms with van der Waals surface area (Å²) in [4.78, 5) is 19.1. The number of aryl methyl sites for hydroxylation is 1. The standard InChI is InChI=1S/C25H27N3O2/c29-25-26-22-12-11-19(18-24(22)30-25)6-3-4-13-27-14-16-28(17-15-27)23-10-5-8-20-7-1-2-9-21(20)23/h1-2,5,7-12,18H,3-4,6,13-17H2,(H,26,29). The van der Waals surface area contributed by atoms with Crippen molar-refractivity contribution in [1.82, 2.24) is 9.88 Å². The number of H-pyrrole nitrogens is 1. The summed E-state index contributed by atoms with van der Waals surface area (Å²) in [6, 6.07) is 21.3. The number of benzene rings is 3. The van der Waals surface area contributed by atoms with Crippen molar-refractivity contribution in [3.05, 3.63) is 76.8 Å². The molecule has 1 aliphatic heterocycles. The van der Waals surface area contributed by atoms with Crippen molar-refractivity contribution >= 4 is 27.6 Å². The minimum absolute atomic E-state index is 0.384. The van der Waals surface area contributed by atoms with Gasteiger partial charge in [0.15, 0.2) is 5.58 Å². The summed E-state index contributed by atoms with van der Waals surface area (Å²) in [6.45, 7) is 5.53. The summed E-state index contributed by atoms with van der Waals surface area (Å²) in [6.07, 6.45) is 3.34. The predicted molar refractivity (Wildman–Crippen MR) is 122 cm³/mol. The second-order valence-corrected chi connectivity index (χ2v) is 8.13. The molecule has 0 atom stereocenters. The molecule has 5 rings (SSSR count). The van der Waals surface area contributed by atoms with Gasteiger partial charge in [0.25, 0.3) is 0 Å². The number of oxazole rings is 1. The first-order valence-electron chi connectivity index (χ1n) is 10.8. The average molecular weight is 402 g/mol. The van der Waals surface area contributed by atoms with E-state index in [-0.39, 0.29) is 5.76 Å². The van der Waals surface area contributed by atoms with Gasteiger partial charge in [0, 0.05) is 37.3 Å². The first-order valence-corrected chi connectivity index (χ1v) is 10.8. The topological polar surface area (TPSA) is 52.5 Å². The molecule has 1 aliphatic rings. The van der Waals surface area contributed by atoms with Gasteiger partial charge in [-0.3, -0.25) is 9.88 Å². The molecule has 0 bridgehead atoms. The molecule has 3 aromatic carbocycles. The molecule has 5 heteroatoms. The highest BCUT2D eigenvalue weighted by Gasteiger charge is 2.18. The molecule has 0 unspecified atom stereocenters. The molecular formula is C25H27N3O2. The summed E-state index contributed by atoms with van der Waals surface area (Å²) in [5, 5.41) is 2.67. The first kappa shape index (κ1) is 18.9. The summed E-state index contributed by atoms with van der Waals surface area (Å²) >= 11 is 0. The normalized spacial score (nSPS) is 15.3. The maximum absolute atomic E-state index is 11.3. The Balaban J connectivity index is 1.11. The largest absolute Gasteiger partial charge is 0.417 e. The molecule has 0 saturated carbocycles. The van der Waals surface area contributed by atoms with Gasteiger partial charge in [0.05, 0.1) is 5.52 Å². The maximum atomic E-state index is 11.3. The van der Waals surface area contributed by atoms with Crippen LogP contribution in [0.4, 0.5) is 5.69 Å². The van der Waals surface area contributed by atoms with E-state index in [4.69, 9.17) is 4.42 Å². The third kappa shape index (κ3) is 3.98. The van der Waals surface area contributed by atoms with Crippen molar-refractivity contribution in [2.24, 2.45) is 0 Å². The lowest BCUT2D eigenvalue weighted by Gasteiger charge is -2.36. The van der Waals surface area contributed by atoms with E-state index in [0.717, 1.165) is 51.1 Å². The monoisotopic (exact) mass is 401 g/mol. The van der Waals surface area contributed by atoms with E-state index in [0.29, 0.717) is 5.58 Å². The Kier molecular flexibility index (Phi) is 5.28. The van der Waals surface area contributed by atoms with Crippen molar-refractivity contribution in [3.63, 3.8) is 0 Å². The molecule has 4 aromatic rings. The van der Waals surface area contributed by atoms with Gasteiger partial charge in [-0.05, 0) is 55.0 Å². The number of hydrogen-bond donors (Lipinski definition) is 1. The number of aromatic nitrogens is 1. The second-order valence-electron chi connectivity index (χ2n) is 8.13. The number of nitrogens with zero attached hydrogens (tertiary/aromatic N) is 2. The lowest BCUT2D eigenvalue weighted by Crippen LogP contribution is -2.46. The van der Waals surface area contributed by atoms with Gasteiger partial charge >= 0.3 is 5.76 Å². The van der Waals surface area contributed by atoms with Crippen molar-refractivity contribution in [2.45, 2.75) is 19.3 Å². The number of rotatable bonds is 6. The van der Waals surface area contributed by atoms with Crippen LogP contribution in [0.25, 0.3) is 21.9 Å². The molecule has 30 heavy (non-hydrogen) atoms. The van der Waals surface area contributed by atoms with E-state index in [1.165, 1.54) is 28.4 Å². The van der Waals surface area contributed by atoms with E-state index in [1.807, 2.05) is 12.1 Å². The summed E-state index contributed by atoms with van der Waals surface area (Å²) < 4.78 is 5.16. The highest BCUT2D eigenvalue weighted by Crippen LogP contribution is 2.27. The van der Waals surface area contributed by atoms with Gasteiger partial charge in [-0.2, -0.15) is 0 Å². The molecule has 2 heterocycles. The Hall–Kier alpha value is -3.05. The molecule has 154 valence electrons. The molecule has 0 amide bonds. The molecule has 0 aliphatic carbocycles. The van der Waals surface area contributed by atoms with Gasteiger partial charge in [0.2, 0.25) is 0 Å². The zero-order valence-electron chi connectivity index (χ0n) is 17.1. The van der Waals surface area contributed by atoms with Crippen LogP contribution in [0.15, 0.2) is 69.9 Å². The Morgan fingerprint density at radius 2 is 1.73 bits per heavy atom. The third-order valence-corrected chi connectivity index (χ3v) is 6.15. The number of fused-ring (bicyclic) bond motifs is 2. The molecule has 0 spiro atoms. The molecule has 1 fully saturated rings. The molecular weight excluding hydrogens is 374 g/mol. The fourth-order valence-electron chi connectivity index (χ4n) is 4.51. The number of anilines is 1. The van der Waals surface area contributed by atoms with E-state index >= 15 is 0 Å². The molecule has 0 radical (unpaired) electrons. The molecule has 5 nitrogen and oxygen atoms in total. The van der Waals surface area contributed by atoms with E-state index in [1.54, 1.807) is 0 Å². The van der Waals surface area contributed by atoms with E-state index in [9.17, 15) is 4.79 Å². The Labute approximate surface area is 175 Å². The van der Waals surface area contributed by atoms with Crippen LogP contribution in [0, 0.1) is 0 Å². The number of nitrogens with one attached hydrogen (secondary N) is 1. The number of piperazine rings is 1. The Morgan fingerprint density at radius 1 is 0.900 bits per heavy atom. The van der Waals surface area contributed by atoms with Crippen LogP contribution < -0.4 is 10.7 Å².